The van der Waals surface area contributed by atoms with E-state index < -0.39 is 0 Å². The molecule has 1 aliphatic rings. The molecule has 0 bridgehead atoms. The van der Waals surface area contributed by atoms with E-state index in [-0.39, 0.29) is 0 Å². The summed E-state index contributed by atoms with van der Waals surface area (Å²) in [5.41, 5.74) is 1.27. The van der Waals surface area contributed by atoms with Crippen molar-refractivity contribution in [3.8, 4) is 5.75 Å². The highest BCUT2D eigenvalue weighted by Gasteiger charge is 2.32. The van der Waals surface area contributed by atoms with Crippen LogP contribution in [-0.2, 0) is 0 Å². The molecule has 0 amide bonds. The molecular formula is C14H20O. The van der Waals surface area contributed by atoms with E-state index in [1.807, 2.05) is 0 Å². The van der Waals surface area contributed by atoms with Gasteiger partial charge in [0, 0.05) is 0 Å². The SMILES string of the molecule is Cc1cccc(OC2CC(C(C)C)C2)c1. The van der Waals surface area contributed by atoms with Gasteiger partial charge in [-0.25, -0.2) is 0 Å². The molecule has 0 saturated heterocycles. The molecule has 1 saturated carbocycles. The lowest BCUT2D eigenvalue weighted by atomic mass is 9.75. The van der Waals surface area contributed by atoms with Gasteiger partial charge in [0.1, 0.15) is 5.75 Å². The molecule has 15 heavy (non-hydrogen) atoms. The number of ether oxygens (including phenoxy) is 1. The van der Waals surface area contributed by atoms with E-state index in [0.717, 1.165) is 17.6 Å². The highest BCUT2D eigenvalue weighted by atomic mass is 16.5. The molecule has 82 valence electrons. The van der Waals surface area contributed by atoms with Crippen LogP contribution in [-0.4, -0.2) is 6.10 Å². The summed E-state index contributed by atoms with van der Waals surface area (Å²) in [6, 6.07) is 8.33. The molecule has 0 spiro atoms. The molecule has 0 aliphatic heterocycles. The first-order valence-electron chi connectivity index (χ1n) is 5.88. The van der Waals surface area contributed by atoms with Crippen molar-refractivity contribution in [2.75, 3.05) is 0 Å². The zero-order chi connectivity index (χ0) is 10.8. The number of benzene rings is 1. The first kappa shape index (κ1) is 10.5. The topological polar surface area (TPSA) is 9.23 Å². The van der Waals surface area contributed by atoms with Crippen molar-refractivity contribution in [1.29, 1.82) is 0 Å². The highest BCUT2D eigenvalue weighted by molar-refractivity contribution is 5.27. The van der Waals surface area contributed by atoms with Crippen LogP contribution in [0.5, 0.6) is 5.75 Å². The average Bonchev–Trinajstić information content (AvgIpc) is 2.10. The summed E-state index contributed by atoms with van der Waals surface area (Å²) < 4.78 is 5.91. The fourth-order valence-electron chi connectivity index (χ4n) is 2.13. The highest BCUT2D eigenvalue weighted by Crippen LogP contribution is 2.36. The number of aryl methyl sites for hydroxylation is 1. The van der Waals surface area contributed by atoms with E-state index in [1.165, 1.54) is 18.4 Å². The van der Waals surface area contributed by atoms with Crippen LogP contribution in [0.1, 0.15) is 32.3 Å². The van der Waals surface area contributed by atoms with Crippen LogP contribution < -0.4 is 4.74 Å². The normalized spacial score (nSPS) is 25.1. The van der Waals surface area contributed by atoms with Crippen molar-refractivity contribution in [3.63, 3.8) is 0 Å². The standard InChI is InChI=1S/C14H20O/c1-10(2)12-8-14(9-12)15-13-6-4-5-11(3)7-13/h4-7,10,12,14H,8-9H2,1-3H3. The van der Waals surface area contributed by atoms with Crippen LogP contribution in [0, 0.1) is 18.8 Å². The summed E-state index contributed by atoms with van der Waals surface area (Å²) in [5.74, 6) is 2.71. The fraction of sp³-hybridized carbons (Fsp3) is 0.571. The summed E-state index contributed by atoms with van der Waals surface area (Å²) in [6.07, 6.45) is 2.91. The van der Waals surface area contributed by atoms with Gasteiger partial charge >= 0.3 is 0 Å². The Hall–Kier alpha value is -0.980. The van der Waals surface area contributed by atoms with E-state index >= 15 is 0 Å². The summed E-state index contributed by atoms with van der Waals surface area (Å²) in [7, 11) is 0. The maximum atomic E-state index is 5.91. The molecule has 0 radical (unpaired) electrons. The Balaban J connectivity index is 1.85. The van der Waals surface area contributed by atoms with Gasteiger partial charge in [0.2, 0.25) is 0 Å². The zero-order valence-corrected chi connectivity index (χ0v) is 9.86. The lowest BCUT2D eigenvalue weighted by Crippen LogP contribution is -2.36. The number of hydrogen-bond acceptors (Lipinski definition) is 1. The second-order valence-electron chi connectivity index (χ2n) is 5.03. The molecule has 1 fully saturated rings. The molecule has 1 nitrogen and oxygen atoms in total. The minimum absolute atomic E-state index is 0.458. The minimum atomic E-state index is 0.458. The van der Waals surface area contributed by atoms with Crippen LogP contribution in [0.25, 0.3) is 0 Å². The Morgan fingerprint density at radius 1 is 1.27 bits per heavy atom. The summed E-state index contributed by atoms with van der Waals surface area (Å²) in [6.45, 7) is 6.70. The van der Waals surface area contributed by atoms with Gasteiger partial charge in [-0.2, -0.15) is 0 Å². The minimum Gasteiger partial charge on any atom is -0.490 e. The molecule has 1 aromatic carbocycles. The Kier molecular flexibility index (Phi) is 2.99. The average molecular weight is 204 g/mol. The van der Waals surface area contributed by atoms with E-state index in [0.29, 0.717) is 6.10 Å². The molecule has 0 unspecified atom stereocenters. The second-order valence-corrected chi connectivity index (χ2v) is 5.03. The Bertz CT molecular complexity index is 324. The largest absolute Gasteiger partial charge is 0.490 e. The predicted octanol–water partition coefficient (Wildman–Crippen LogP) is 3.81. The molecule has 2 rings (SSSR count). The van der Waals surface area contributed by atoms with Gasteiger partial charge < -0.3 is 4.74 Å². The molecule has 0 N–H and O–H groups in total. The molecule has 1 heteroatoms. The van der Waals surface area contributed by atoms with Gasteiger partial charge in [0.05, 0.1) is 6.10 Å². The smallest absolute Gasteiger partial charge is 0.119 e. The summed E-state index contributed by atoms with van der Waals surface area (Å²) >= 11 is 0. The fourth-order valence-corrected chi connectivity index (χ4v) is 2.13. The molecule has 1 aliphatic carbocycles. The quantitative estimate of drug-likeness (QED) is 0.727. The zero-order valence-electron chi connectivity index (χ0n) is 9.86. The molecule has 0 heterocycles. The maximum Gasteiger partial charge on any atom is 0.119 e. The van der Waals surface area contributed by atoms with E-state index in [2.05, 4.69) is 45.0 Å². The molecule has 1 aromatic rings. The van der Waals surface area contributed by atoms with Crippen molar-refractivity contribution in [2.24, 2.45) is 11.8 Å². The Morgan fingerprint density at radius 3 is 2.60 bits per heavy atom. The first-order chi connectivity index (χ1) is 7.15. The summed E-state index contributed by atoms with van der Waals surface area (Å²) in [5, 5.41) is 0. The third-order valence-electron chi connectivity index (χ3n) is 3.37. The Labute approximate surface area is 92.5 Å². The van der Waals surface area contributed by atoms with E-state index in [1.54, 1.807) is 0 Å². The van der Waals surface area contributed by atoms with E-state index in [4.69, 9.17) is 4.74 Å². The van der Waals surface area contributed by atoms with Crippen LogP contribution in [0.15, 0.2) is 24.3 Å². The van der Waals surface area contributed by atoms with Gasteiger partial charge in [0.25, 0.3) is 0 Å². The lowest BCUT2D eigenvalue weighted by molar-refractivity contribution is 0.0416. The number of hydrogen-bond donors (Lipinski definition) is 0. The van der Waals surface area contributed by atoms with Crippen LogP contribution in [0.3, 0.4) is 0 Å². The van der Waals surface area contributed by atoms with Crippen molar-refractivity contribution in [2.45, 2.75) is 39.7 Å². The van der Waals surface area contributed by atoms with Gasteiger partial charge in [0.15, 0.2) is 0 Å². The van der Waals surface area contributed by atoms with Gasteiger partial charge in [-0.3, -0.25) is 0 Å². The van der Waals surface area contributed by atoms with Crippen LogP contribution in [0.2, 0.25) is 0 Å². The molecule has 0 aromatic heterocycles. The van der Waals surface area contributed by atoms with Gasteiger partial charge in [-0.1, -0.05) is 26.0 Å². The van der Waals surface area contributed by atoms with Crippen molar-refractivity contribution in [3.05, 3.63) is 29.8 Å². The van der Waals surface area contributed by atoms with Crippen molar-refractivity contribution in [1.82, 2.24) is 0 Å². The molecule has 0 atom stereocenters. The van der Waals surface area contributed by atoms with Crippen LogP contribution in [0.4, 0.5) is 0 Å². The monoisotopic (exact) mass is 204 g/mol. The Morgan fingerprint density at radius 2 is 2.00 bits per heavy atom. The predicted molar refractivity (Wildman–Crippen MR) is 63.2 cm³/mol. The van der Waals surface area contributed by atoms with E-state index in [9.17, 15) is 0 Å². The van der Waals surface area contributed by atoms with Gasteiger partial charge in [-0.15, -0.1) is 0 Å². The van der Waals surface area contributed by atoms with Crippen molar-refractivity contribution < 1.29 is 4.74 Å². The maximum absolute atomic E-state index is 5.91. The third kappa shape index (κ3) is 2.53. The lowest BCUT2D eigenvalue weighted by Gasteiger charge is -2.37. The van der Waals surface area contributed by atoms with Crippen LogP contribution >= 0.6 is 0 Å². The van der Waals surface area contributed by atoms with Gasteiger partial charge in [-0.05, 0) is 49.3 Å². The first-order valence-corrected chi connectivity index (χ1v) is 5.88. The third-order valence-corrected chi connectivity index (χ3v) is 3.37. The number of rotatable bonds is 3. The van der Waals surface area contributed by atoms with Crippen molar-refractivity contribution >= 4 is 0 Å². The molecular weight excluding hydrogens is 184 g/mol. The summed E-state index contributed by atoms with van der Waals surface area (Å²) in [4.78, 5) is 0. The second kappa shape index (κ2) is 4.26.